The molecule has 2 N–H and O–H groups in total. The molecule has 2 aromatic carbocycles. The highest BCUT2D eigenvalue weighted by atomic mass is 79.9. The molecule has 0 radical (unpaired) electrons. The maximum absolute atomic E-state index is 6.17. The summed E-state index contributed by atoms with van der Waals surface area (Å²) in [5, 5.41) is 13.1. The highest BCUT2D eigenvalue weighted by Crippen LogP contribution is 2.29. The average molecular weight is 428 g/mol. The molecule has 0 unspecified atom stereocenters. The Kier molecular flexibility index (Phi) is 4.77. The van der Waals surface area contributed by atoms with Crippen LogP contribution in [0.2, 0.25) is 0 Å². The fourth-order valence-corrected chi connectivity index (χ4v) is 3.66. The molecule has 2 heterocycles. The third-order valence-electron chi connectivity index (χ3n) is 3.75. The summed E-state index contributed by atoms with van der Waals surface area (Å²) < 4.78 is 7.82. The van der Waals surface area contributed by atoms with E-state index in [2.05, 4.69) is 31.3 Å². The lowest BCUT2D eigenvalue weighted by molar-refractivity contribution is 0.397. The lowest BCUT2D eigenvalue weighted by Crippen LogP contribution is -2.11. The van der Waals surface area contributed by atoms with Crippen molar-refractivity contribution >= 4 is 27.7 Å². The van der Waals surface area contributed by atoms with E-state index in [9.17, 15) is 0 Å². The molecule has 0 aliphatic carbocycles. The van der Waals surface area contributed by atoms with Crippen LogP contribution in [0.3, 0.4) is 0 Å². The average Bonchev–Trinajstić information content (AvgIpc) is 3.28. The molecular weight excluding hydrogens is 414 g/mol. The zero-order valence-electron chi connectivity index (χ0n) is 13.5. The van der Waals surface area contributed by atoms with Crippen molar-refractivity contribution in [1.29, 1.82) is 0 Å². The van der Waals surface area contributed by atoms with Gasteiger partial charge in [0.2, 0.25) is 5.16 Å². The molecule has 0 aliphatic rings. The third kappa shape index (κ3) is 3.38. The molecule has 4 rings (SSSR count). The van der Waals surface area contributed by atoms with Gasteiger partial charge in [-0.05, 0) is 12.1 Å². The summed E-state index contributed by atoms with van der Waals surface area (Å²) in [6.07, 6.45) is 0. The molecular formula is C18H14BrN5OS. The van der Waals surface area contributed by atoms with E-state index >= 15 is 0 Å². The summed E-state index contributed by atoms with van der Waals surface area (Å²) >= 11 is 4.96. The Morgan fingerprint density at radius 3 is 2.62 bits per heavy atom. The summed E-state index contributed by atoms with van der Waals surface area (Å²) in [7, 11) is 0. The topological polar surface area (TPSA) is 82.8 Å². The molecule has 0 aliphatic heterocycles. The number of nitrogens with zero attached hydrogens (tertiary/aromatic N) is 4. The van der Waals surface area contributed by atoms with Crippen molar-refractivity contribution in [3.63, 3.8) is 0 Å². The quantitative estimate of drug-likeness (QED) is 0.376. The zero-order valence-corrected chi connectivity index (χ0v) is 15.9. The standard InChI is InChI=1S/C18H14BrN5OS/c19-15-9-5-4-8-14(15)17-21-22-18(24(17)20)26-11-13-10-16(23-25-13)12-6-2-1-3-7-12/h1-10H,11,20H2. The van der Waals surface area contributed by atoms with Crippen molar-refractivity contribution < 1.29 is 4.52 Å². The van der Waals surface area contributed by atoms with Gasteiger partial charge in [-0.25, -0.2) is 4.68 Å². The molecule has 6 nitrogen and oxygen atoms in total. The van der Waals surface area contributed by atoms with Crippen LogP contribution < -0.4 is 5.84 Å². The van der Waals surface area contributed by atoms with Gasteiger partial charge in [-0.2, -0.15) is 0 Å². The maximum atomic E-state index is 6.17. The summed E-state index contributed by atoms with van der Waals surface area (Å²) in [4.78, 5) is 0. The molecule has 4 aromatic rings. The predicted molar refractivity (Wildman–Crippen MR) is 105 cm³/mol. The highest BCUT2D eigenvalue weighted by Gasteiger charge is 2.15. The zero-order chi connectivity index (χ0) is 17.9. The molecule has 26 heavy (non-hydrogen) atoms. The minimum absolute atomic E-state index is 0.561. The Labute approximate surface area is 162 Å². The van der Waals surface area contributed by atoms with Crippen molar-refractivity contribution in [3.05, 3.63) is 70.9 Å². The van der Waals surface area contributed by atoms with E-state index in [0.29, 0.717) is 16.7 Å². The third-order valence-corrected chi connectivity index (χ3v) is 5.41. The fraction of sp³-hybridized carbons (Fsp3) is 0.0556. The van der Waals surface area contributed by atoms with Gasteiger partial charge >= 0.3 is 0 Å². The van der Waals surface area contributed by atoms with Crippen LogP contribution in [0.5, 0.6) is 0 Å². The molecule has 8 heteroatoms. The van der Waals surface area contributed by atoms with E-state index in [1.807, 2.05) is 60.7 Å². The molecule has 0 amide bonds. The van der Waals surface area contributed by atoms with Crippen LogP contribution in [0.4, 0.5) is 0 Å². The smallest absolute Gasteiger partial charge is 0.210 e. The van der Waals surface area contributed by atoms with Crippen LogP contribution in [0.15, 0.2) is 74.8 Å². The van der Waals surface area contributed by atoms with Gasteiger partial charge in [-0.3, -0.25) is 0 Å². The minimum atomic E-state index is 0.561. The molecule has 0 bridgehead atoms. The number of nitrogen functional groups attached to an aromatic ring is 1. The van der Waals surface area contributed by atoms with Crippen LogP contribution in [0.1, 0.15) is 5.76 Å². The molecule has 0 atom stereocenters. The van der Waals surface area contributed by atoms with E-state index in [0.717, 1.165) is 27.1 Å². The van der Waals surface area contributed by atoms with Crippen LogP contribution in [0.25, 0.3) is 22.6 Å². The van der Waals surface area contributed by atoms with Gasteiger partial charge in [0.25, 0.3) is 0 Å². The number of benzene rings is 2. The number of thioether (sulfide) groups is 1. The number of aromatic nitrogens is 4. The Bertz CT molecular complexity index is 1030. The second-order valence-corrected chi connectivity index (χ2v) is 7.29. The van der Waals surface area contributed by atoms with Gasteiger partial charge in [0, 0.05) is 21.7 Å². The van der Waals surface area contributed by atoms with E-state index in [1.165, 1.54) is 16.4 Å². The fourth-order valence-electron chi connectivity index (χ4n) is 2.46. The largest absolute Gasteiger partial charge is 0.360 e. The van der Waals surface area contributed by atoms with Crippen LogP contribution in [0, 0.1) is 0 Å². The Hall–Kier alpha value is -2.58. The molecule has 130 valence electrons. The van der Waals surface area contributed by atoms with Gasteiger partial charge in [-0.15, -0.1) is 10.2 Å². The second-order valence-electron chi connectivity index (χ2n) is 5.49. The number of hydrogen-bond acceptors (Lipinski definition) is 6. The number of rotatable bonds is 5. The molecule has 2 aromatic heterocycles. The molecule has 0 saturated heterocycles. The van der Waals surface area contributed by atoms with Gasteiger partial charge in [0.15, 0.2) is 5.82 Å². The van der Waals surface area contributed by atoms with Gasteiger partial charge in [-0.1, -0.05) is 75.3 Å². The van der Waals surface area contributed by atoms with Gasteiger partial charge < -0.3 is 10.4 Å². The lowest BCUT2D eigenvalue weighted by atomic mass is 10.1. The van der Waals surface area contributed by atoms with Crippen molar-refractivity contribution in [2.75, 3.05) is 5.84 Å². The van der Waals surface area contributed by atoms with E-state index in [-0.39, 0.29) is 0 Å². The van der Waals surface area contributed by atoms with Gasteiger partial charge in [0.1, 0.15) is 11.5 Å². The summed E-state index contributed by atoms with van der Waals surface area (Å²) in [5.41, 5.74) is 2.72. The Morgan fingerprint density at radius 2 is 1.81 bits per heavy atom. The first-order chi connectivity index (χ1) is 12.7. The van der Waals surface area contributed by atoms with Crippen molar-refractivity contribution in [2.45, 2.75) is 10.9 Å². The first kappa shape index (κ1) is 16.9. The highest BCUT2D eigenvalue weighted by molar-refractivity contribution is 9.10. The number of halogens is 1. The Morgan fingerprint density at radius 1 is 1.04 bits per heavy atom. The van der Waals surface area contributed by atoms with E-state index < -0.39 is 0 Å². The van der Waals surface area contributed by atoms with Crippen LogP contribution >= 0.6 is 27.7 Å². The summed E-state index contributed by atoms with van der Waals surface area (Å²) in [6.45, 7) is 0. The molecule has 0 spiro atoms. The first-order valence-corrected chi connectivity index (χ1v) is 9.59. The number of hydrogen-bond donors (Lipinski definition) is 1. The summed E-state index contributed by atoms with van der Waals surface area (Å²) in [5.74, 6) is 8.08. The van der Waals surface area contributed by atoms with Crippen molar-refractivity contribution in [2.24, 2.45) is 0 Å². The second kappa shape index (κ2) is 7.35. The van der Waals surface area contributed by atoms with Crippen LogP contribution in [-0.2, 0) is 5.75 Å². The van der Waals surface area contributed by atoms with E-state index in [1.54, 1.807) is 0 Å². The van der Waals surface area contributed by atoms with Crippen molar-refractivity contribution in [1.82, 2.24) is 20.0 Å². The van der Waals surface area contributed by atoms with Gasteiger partial charge in [0.05, 0.1) is 5.75 Å². The molecule has 0 saturated carbocycles. The normalized spacial score (nSPS) is 11.0. The lowest BCUT2D eigenvalue weighted by Gasteiger charge is -2.04. The summed E-state index contributed by atoms with van der Waals surface area (Å²) in [6, 6.07) is 19.6. The predicted octanol–water partition coefficient (Wildman–Crippen LogP) is 4.37. The first-order valence-electron chi connectivity index (χ1n) is 7.81. The van der Waals surface area contributed by atoms with Crippen LogP contribution in [-0.4, -0.2) is 20.0 Å². The SMILES string of the molecule is Nn1c(SCc2cc(-c3ccccc3)no2)nnc1-c1ccccc1Br. The van der Waals surface area contributed by atoms with Crippen molar-refractivity contribution in [3.8, 4) is 22.6 Å². The minimum Gasteiger partial charge on any atom is -0.360 e. The molecule has 0 fully saturated rings. The van der Waals surface area contributed by atoms with E-state index in [4.69, 9.17) is 10.4 Å². The monoisotopic (exact) mass is 427 g/mol. The maximum Gasteiger partial charge on any atom is 0.210 e. The number of nitrogens with two attached hydrogens (primary N) is 1. The Balaban J connectivity index is 1.50.